The molecule has 0 aliphatic heterocycles. The first-order valence-electron chi connectivity index (χ1n) is 5.68. The molecule has 1 aromatic heterocycles. The van der Waals surface area contributed by atoms with Crippen LogP contribution in [-0.2, 0) is 0 Å². The summed E-state index contributed by atoms with van der Waals surface area (Å²) in [5, 5.41) is 2.72. The Kier molecular flexibility index (Phi) is 3.43. The van der Waals surface area contributed by atoms with Gasteiger partial charge in [-0.1, -0.05) is 6.92 Å². The van der Waals surface area contributed by atoms with E-state index in [1.807, 2.05) is 6.92 Å². The summed E-state index contributed by atoms with van der Waals surface area (Å²) in [7, 11) is 0. The van der Waals surface area contributed by atoms with Crippen LogP contribution in [0.25, 0.3) is 11.0 Å². The van der Waals surface area contributed by atoms with E-state index in [4.69, 9.17) is 4.42 Å². The van der Waals surface area contributed by atoms with Gasteiger partial charge in [0, 0.05) is 5.56 Å². The number of hydrogen-bond acceptors (Lipinski definition) is 3. The first-order chi connectivity index (χ1) is 8.54. The van der Waals surface area contributed by atoms with Crippen LogP contribution in [0.15, 0.2) is 22.8 Å². The molecule has 0 aliphatic rings. The maximum atomic E-state index is 13.7. The third-order valence-corrected chi connectivity index (χ3v) is 2.77. The van der Waals surface area contributed by atoms with Crippen molar-refractivity contribution in [3.05, 3.63) is 35.6 Å². The Bertz CT molecular complexity index is 592. The number of ketones is 1. The zero-order chi connectivity index (χ0) is 13.3. The van der Waals surface area contributed by atoms with Gasteiger partial charge in [-0.05, 0) is 25.6 Å². The second-order valence-corrected chi connectivity index (χ2v) is 4.06. The largest absolute Gasteiger partial charge is 0.461 e. The molecule has 96 valence electrons. The third kappa shape index (κ3) is 2.13. The van der Waals surface area contributed by atoms with Crippen LogP contribution in [0.5, 0.6) is 0 Å². The molecule has 0 fully saturated rings. The lowest BCUT2D eigenvalue weighted by Gasteiger charge is -2.11. The molecule has 0 amide bonds. The molecule has 0 saturated carbocycles. The SMILES string of the molecule is CCN[C@@H](C)C(=O)c1cc(F)c2c(F)coc2c1. The fourth-order valence-corrected chi connectivity index (χ4v) is 1.87. The van der Waals surface area contributed by atoms with E-state index in [1.54, 1.807) is 6.92 Å². The highest BCUT2D eigenvalue weighted by Gasteiger charge is 2.19. The van der Waals surface area contributed by atoms with E-state index in [0.717, 1.165) is 12.3 Å². The van der Waals surface area contributed by atoms with Gasteiger partial charge in [-0.25, -0.2) is 8.78 Å². The standard InChI is InChI=1S/C13H13F2NO2/c1-3-16-7(2)13(17)8-4-9(14)12-10(15)6-18-11(12)5-8/h4-7,16H,3H2,1-2H3/t7-/m0/s1. The second kappa shape index (κ2) is 4.86. The number of Topliss-reactive ketones (excluding diaryl/α,β-unsaturated/α-hetero) is 1. The summed E-state index contributed by atoms with van der Waals surface area (Å²) in [5.41, 5.74) is 0.211. The van der Waals surface area contributed by atoms with Crippen LogP contribution in [0, 0.1) is 11.6 Å². The van der Waals surface area contributed by atoms with Crippen LogP contribution in [0.1, 0.15) is 24.2 Å². The van der Waals surface area contributed by atoms with Crippen molar-refractivity contribution in [1.82, 2.24) is 5.32 Å². The van der Waals surface area contributed by atoms with Crippen molar-refractivity contribution in [3.8, 4) is 0 Å². The molecule has 0 unspecified atom stereocenters. The van der Waals surface area contributed by atoms with Gasteiger partial charge in [0.05, 0.1) is 11.4 Å². The zero-order valence-corrected chi connectivity index (χ0v) is 10.1. The minimum Gasteiger partial charge on any atom is -0.461 e. The fourth-order valence-electron chi connectivity index (χ4n) is 1.87. The zero-order valence-electron chi connectivity index (χ0n) is 10.1. The number of rotatable bonds is 4. The van der Waals surface area contributed by atoms with E-state index in [1.165, 1.54) is 6.07 Å². The molecule has 5 heteroatoms. The number of benzene rings is 1. The van der Waals surface area contributed by atoms with Crippen molar-refractivity contribution >= 4 is 16.8 Å². The predicted octanol–water partition coefficient (Wildman–Crippen LogP) is 2.89. The first kappa shape index (κ1) is 12.7. The van der Waals surface area contributed by atoms with E-state index < -0.39 is 17.7 Å². The van der Waals surface area contributed by atoms with E-state index >= 15 is 0 Å². The number of halogens is 2. The third-order valence-electron chi connectivity index (χ3n) is 2.77. The van der Waals surface area contributed by atoms with Crippen LogP contribution in [0.2, 0.25) is 0 Å². The molecule has 0 bridgehead atoms. The highest BCUT2D eigenvalue weighted by atomic mass is 19.1. The summed E-state index contributed by atoms with van der Waals surface area (Å²) >= 11 is 0. The van der Waals surface area contributed by atoms with Crippen LogP contribution >= 0.6 is 0 Å². The molecule has 1 N–H and O–H groups in total. The molecule has 0 spiro atoms. The van der Waals surface area contributed by atoms with Crippen molar-refractivity contribution in [2.45, 2.75) is 19.9 Å². The van der Waals surface area contributed by atoms with Gasteiger partial charge < -0.3 is 9.73 Å². The molecule has 0 radical (unpaired) electrons. The van der Waals surface area contributed by atoms with Crippen LogP contribution in [0.3, 0.4) is 0 Å². The van der Waals surface area contributed by atoms with E-state index in [-0.39, 0.29) is 22.3 Å². The summed E-state index contributed by atoms with van der Waals surface area (Å²) in [4.78, 5) is 12.0. The quantitative estimate of drug-likeness (QED) is 0.852. The Morgan fingerprint density at radius 2 is 2.11 bits per heavy atom. The van der Waals surface area contributed by atoms with Crippen molar-refractivity contribution in [3.63, 3.8) is 0 Å². The monoisotopic (exact) mass is 253 g/mol. The first-order valence-corrected chi connectivity index (χ1v) is 5.68. The lowest BCUT2D eigenvalue weighted by atomic mass is 10.0. The lowest BCUT2D eigenvalue weighted by Crippen LogP contribution is -2.33. The minimum atomic E-state index is -0.786. The van der Waals surface area contributed by atoms with Gasteiger partial charge in [0.15, 0.2) is 11.6 Å². The van der Waals surface area contributed by atoms with Gasteiger partial charge in [-0.15, -0.1) is 0 Å². The molecule has 18 heavy (non-hydrogen) atoms. The second-order valence-electron chi connectivity index (χ2n) is 4.06. The molecular weight excluding hydrogens is 240 g/mol. The smallest absolute Gasteiger partial charge is 0.179 e. The number of carbonyl (C=O) groups excluding carboxylic acids is 1. The van der Waals surface area contributed by atoms with E-state index in [0.29, 0.717) is 6.54 Å². The van der Waals surface area contributed by atoms with Gasteiger partial charge in [0.25, 0.3) is 0 Å². The molecular formula is C13H13F2NO2. The van der Waals surface area contributed by atoms with E-state index in [2.05, 4.69) is 5.32 Å². The van der Waals surface area contributed by atoms with Crippen molar-refractivity contribution < 1.29 is 18.0 Å². The number of likely N-dealkylation sites (N-methyl/N-ethyl adjacent to an activating group) is 1. The Labute approximate surface area is 103 Å². The molecule has 0 aliphatic carbocycles. The van der Waals surface area contributed by atoms with Gasteiger partial charge in [0.2, 0.25) is 0 Å². The fraction of sp³-hybridized carbons (Fsp3) is 0.308. The summed E-state index contributed by atoms with van der Waals surface area (Å²) in [6.45, 7) is 4.19. The average molecular weight is 253 g/mol. The summed E-state index contributed by atoms with van der Waals surface area (Å²) in [6.07, 6.45) is 0.829. The van der Waals surface area contributed by atoms with Gasteiger partial charge in [0.1, 0.15) is 17.7 Å². The number of carbonyl (C=O) groups is 1. The molecule has 2 aromatic rings. The lowest BCUT2D eigenvalue weighted by molar-refractivity contribution is 0.0951. The minimum absolute atomic E-state index is 0.0412. The molecule has 1 heterocycles. The Balaban J connectivity index is 2.44. The molecule has 1 atom stereocenters. The Morgan fingerprint density at radius 3 is 2.78 bits per heavy atom. The van der Waals surface area contributed by atoms with Crippen LogP contribution in [-0.4, -0.2) is 18.4 Å². The summed E-state index contributed by atoms with van der Waals surface area (Å²) in [5.74, 6) is -1.80. The van der Waals surface area contributed by atoms with Crippen LogP contribution in [0.4, 0.5) is 8.78 Å². The summed E-state index contributed by atoms with van der Waals surface area (Å²) < 4.78 is 31.7. The van der Waals surface area contributed by atoms with Gasteiger partial charge in [-0.3, -0.25) is 4.79 Å². The molecule has 1 aromatic carbocycles. The highest BCUT2D eigenvalue weighted by molar-refractivity contribution is 6.02. The summed E-state index contributed by atoms with van der Waals surface area (Å²) in [6, 6.07) is 1.97. The van der Waals surface area contributed by atoms with E-state index in [9.17, 15) is 13.6 Å². The maximum Gasteiger partial charge on any atom is 0.179 e. The van der Waals surface area contributed by atoms with Gasteiger partial charge >= 0.3 is 0 Å². The molecule has 3 nitrogen and oxygen atoms in total. The molecule has 0 saturated heterocycles. The average Bonchev–Trinajstić information content (AvgIpc) is 2.70. The van der Waals surface area contributed by atoms with Gasteiger partial charge in [-0.2, -0.15) is 0 Å². The van der Waals surface area contributed by atoms with Crippen molar-refractivity contribution in [2.75, 3.05) is 6.54 Å². The Hall–Kier alpha value is -1.75. The van der Waals surface area contributed by atoms with Crippen molar-refractivity contribution in [2.24, 2.45) is 0 Å². The van der Waals surface area contributed by atoms with Crippen LogP contribution < -0.4 is 5.32 Å². The highest BCUT2D eigenvalue weighted by Crippen LogP contribution is 2.25. The van der Waals surface area contributed by atoms with Crippen molar-refractivity contribution in [1.29, 1.82) is 0 Å². The maximum absolute atomic E-state index is 13.7. The Morgan fingerprint density at radius 1 is 1.39 bits per heavy atom. The normalized spacial score (nSPS) is 12.9. The topological polar surface area (TPSA) is 42.2 Å². The number of furan rings is 1. The molecule has 2 rings (SSSR count). The number of fused-ring (bicyclic) bond motifs is 1. The number of hydrogen-bond donors (Lipinski definition) is 1. The predicted molar refractivity (Wildman–Crippen MR) is 63.6 cm³/mol. The number of nitrogens with one attached hydrogen (secondary N) is 1.